The molecule has 19 heavy (non-hydrogen) atoms. The first-order chi connectivity index (χ1) is 8.72. The Kier molecular flexibility index (Phi) is 4.88. The first kappa shape index (κ1) is 15.4. The largest absolute Gasteiger partial charge is 0.479 e. The summed E-state index contributed by atoms with van der Waals surface area (Å²) in [6.07, 6.45) is -1.86. The van der Waals surface area contributed by atoms with Crippen molar-refractivity contribution in [3.05, 3.63) is 0 Å². The fourth-order valence-electron chi connectivity index (χ4n) is 0.857. The van der Waals surface area contributed by atoms with Crippen molar-refractivity contribution in [3.8, 4) is 0 Å². The molecule has 4 N–H and O–H groups in total. The van der Waals surface area contributed by atoms with E-state index in [-0.39, 0.29) is 5.13 Å². The molecule has 0 unspecified atom stereocenters. The van der Waals surface area contributed by atoms with E-state index in [0.717, 1.165) is 0 Å². The van der Waals surface area contributed by atoms with Crippen LogP contribution in [0.2, 0.25) is 0 Å². The molecule has 0 bridgehead atoms. The van der Waals surface area contributed by atoms with Crippen molar-refractivity contribution >= 4 is 38.4 Å². The molecule has 0 aliphatic carbocycles. The number of aliphatic carboxylic acids is 1. The van der Waals surface area contributed by atoms with Crippen LogP contribution in [0.4, 0.5) is 5.13 Å². The highest BCUT2D eigenvalue weighted by Crippen LogP contribution is 2.19. The lowest BCUT2D eigenvalue weighted by Crippen LogP contribution is -2.36. The Morgan fingerprint density at radius 1 is 1.42 bits per heavy atom. The van der Waals surface area contributed by atoms with E-state index in [1.165, 1.54) is 6.92 Å². The van der Waals surface area contributed by atoms with E-state index < -0.39 is 38.9 Å². The van der Waals surface area contributed by atoms with Gasteiger partial charge in [-0.3, -0.25) is 4.79 Å². The Morgan fingerprint density at radius 3 is 2.58 bits per heavy atom. The van der Waals surface area contributed by atoms with Crippen LogP contribution in [0, 0.1) is 0 Å². The number of rotatable bonds is 6. The van der Waals surface area contributed by atoms with Gasteiger partial charge in [0.15, 0.2) is 6.10 Å². The molecule has 1 amide bonds. The van der Waals surface area contributed by atoms with Crippen LogP contribution in [0.15, 0.2) is 4.34 Å². The molecule has 1 atom stereocenters. The van der Waals surface area contributed by atoms with Gasteiger partial charge in [-0.15, -0.1) is 10.2 Å². The third kappa shape index (κ3) is 4.51. The molecule has 0 saturated carbocycles. The Balaban J connectivity index is 2.75. The van der Waals surface area contributed by atoms with Gasteiger partial charge in [-0.25, -0.2) is 17.9 Å². The molecule has 1 heterocycles. The number of carbonyl (C=O) groups excluding carboxylic acids is 1. The van der Waals surface area contributed by atoms with Crippen molar-refractivity contribution in [3.63, 3.8) is 0 Å². The van der Waals surface area contributed by atoms with Crippen molar-refractivity contribution in [1.82, 2.24) is 14.9 Å². The Labute approximate surface area is 111 Å². The highest BCUT2D eigenvalue weighted by molar-refractivity contribution is 7.91. The average Bonchev–Trinajstić information content (AvgIpc) is 2.74. The molecule has 12 heteroatoms. The summed E-state index contributed by atoms with van der Waals surface area (Å²) < 4.78 is 24.7. The summed E-state index contributed by atoms with van der Waals surface area (Å²) in [5, 5.41) is 26.3. The molecule has 0 aliphatic rings. The minimum atomic E-state index is -4.08. The molecular weight excluding hydrogens is 300 g/mol. The zero-order chi connectivity index (χ0) is 14.6. The third-order valence-electron chi connectivity index (χ3n) is 1.67. The van der Waals surface area contributed by atoms with E-state index in [0.29, 0.717) is 11.3 Å². The summed E-state index contributed by atoms with van der Waals surface area (Å²) in [6.45, 7) is 0.518. The highest BCUT2D eigenvalue weighted by Gasteiger charge is 2.23. The Hall–Kier alpha value is -1.63. The van der Waals surface area contributed by atoms with Crippen LogP contribution in [-0.2, 0) is 19.6 Å². The van der Waals surface area contributed by atoms with Crippen molar-refractivity contribution in [2.45, 2.75) is 17.4 Å². The maximum Gasteiger partial charge on any atom is 0.333 e. The molecule has 0 saturated heterocycles. The maximum absolute atomic E-state index is 11.6. The summed E-state index contributed by atoms with van der Waals surface area (Å²) in [7, 11) is -4.08. The zero-order valence-electron chi connectivity index (χ0n) is 9.52. The number of aliphatic hydroxyl groups is 1. The first-order valence-corrected chi connectivity index (χ1v) is 7.04. The van der Waals surface area contributed by atoms with Crippen LogP contribution in [0.3, 0.4) is 0 Å². The maximum atomic E-state index is 11.6. The molecule has 1 rings (SSSR count). The second-order valence-corrected chi connectivity index (χ2v) is 6.18. The van der Waals surface area contributed by atoms with E-state index >= 15 is 0 Å². The summed E-state index contributed by atoms with van der Waals surface area (Å²) in [6, 6.07) is 0. The van der Waals surface area contributed by atoms with Gasteiger partial charge in [-0.1, -0.05) is 11.3 Å². The Bertz CT molecular complexity index is 582. The molecule has 0 spiro atoms. The predicted octanol–water partition coefficient (Wildman–Crippen LogP) is -1.78. The summed E-state index contributed by atoms with van der Waals surface area (Å²) in [5.41, 5.74) is 0. The second-order valence-electron chi connectivity index (χ2n) is 3.26. The van der Waals surface area contributed by atoms with Crippen molar-refractivity contribution < 1.29 is 28.2 Å². The van der Waals surface area contributed by atoms with Gasteiger partial charge >= 0.3 is 5.97 Å². The van der Waals surface area contributed by atoms with Gasteiger partial charge in [0, 0.05) is 13.5 Å². The number of sulfonamides is 1. The van der Waals surface area contributed by atoms with Crippen LogP contribution in [0.5, 0.6) is 0 Å². The number of aromatic nitrogens is 2. The van der Waals surface area contributed by atoms with Crippen molar-refractivity contribution in [2.24, 2.45) is 0 Å². The van der Waals surface area contributed by atoms with E-state index in [9.17, 15) is 18.0 Å². The molecule has 0 aromatic carbocycles. The fraction of sp³-hybridized carbons (Fsp3) is 0.429. The monoisotopic (exact) mass is 310 g/mol. The normalized spacial score (nSPS) is 12.9. The molecule has 10 nitrogen and oxygen atoms in total. The van der Waals surface area contributed by atoms with Gasteiger partial charge in [0.25, 0.3) is 10.0 Å². The number of nitrogens with zero attached hydrogens (tertiary/aromatic N) is 2. The lowest BCUT2D eigenvalue weighted by atomic mass is 10.4. The Morgan fingerprint density at radius 2 is 2.05 bits per heavy atom. The quantitative estimate of drug-likeness (QED) is 0.449. The van der Waals surface area contributed by atoms with Crippen LogP contribution < -0.4 is 10.0 Å². The van der Waals surface area contributed by atoms with Crippen molar-refractivity contribution in [1.29, 1.82) is 0 Å². The lowest BCUT2D eigenvalue weighted by Gasteiger charge is -2.05. The van der Waals surface area contributed by atoms with Gasteiger partial charge in [0.2, 0.25) is 15.4 Å². The third-order valence-corrected chi connectivity index (χ3v) is 4.30. The molecule has 1 aromatic rings. The number of anilines is 1. The topological polar surface area (TPSA) is 159 Å². The minimum Gasteiger partial charge on any atom is -0.479 e. The van der Waals surface area contributed by atoms with Gasteiger partial charge in [0.1, 0.15) is 0 Å². The van der Waals surface area contributed by atoms with Crippen LogP contribution in [0.25, 0.3) is 0 Å². The van der Waals surface area contributed by atoms with Gasteiger partial charge in [-0.2, -0.15) is 0 Å². The molecule has 0 radical (unpaired) electrons. The van der Waals surface area contributed by atoms with Crippen LogP contribution in [-0.4, -0.2) is 53.4 Å². The number of carboxylic acids is 1. The van der Waals surface area contributed by atoms with E-state index in [1.807, 2.05) is 4.72 Å². The van der Waals surface area contributed by atoms with Crippen LogP contribution in [0.1, 0.15) is 6.92 Å². The van der Waals surface area contributed by atoms with Gasteiger partial charge < -0.3 is 15.5 Å². The molecule has 1 aromatic heterocycles. The van der Waals surface area contributed by atoms with E-state index in [4.69, 9.17) is 10.2 Å². The standard InChI is InChI=1S/C7H10N4O6S2/c1-3(12)9-6-10-11-7(18-6)19(16,17)8-2-4(13)5(14)15/h4,8,13H,2H2,1H3,(H,14,15)(H,9,10,12)/t4-/m0/s1. The molecular formula is C7H10N4O6S2. The summed E-state index contributed by atoms with van der Waals surface area (Å²) >= 11 is 0.595. The number of carboxylic acid groups (broad SMARTS) is 1. The SMILES string of the molecule is CC(=O)Nc1nnc(S(=O)(=O)NC[C@H](O)C(=O)O)s1. The molecule has 106 valence electrons. The fourth-order valence-corrected chi connectivity index (χ4v) is 2.88. The zero-order valence-corrected chi connectivity index (χ0v) is 11.2. The van der Waals surface area contributed by atoms with Gasteiger partial charge in [0.05, 0.1) is 0 Å². The average molecular weight is 310 g/mol. The lowest BCUT2D eigenvalue weighted by molar-refractivity contribution is -0.146. The molecule has 0 aliphatic heterocycles. The van der Waals surface area contributed by atoms with E-state index in [1.54, 1.807) is 0 Å². The number of hydrogen-bond acceptors (Lipinski definition) is 8. The number of aliphatic hydroxyl groups excluding tert-OH is 1. The second kappa shape index (κ2) is 6.01. The highest BCUT2D eigenvalue weighted by atomic mass is 32.2. The molecule has 0 fully saturated rings. The van der Waals surface area contributed by atoms with Gasteiger partial charge in [-0.05, 0) is 0 Å². The first-order valence-electron chi connectivity index (χ1n) is 4.74. The number of hydrogen-bond donors (Lipinski definition) is 4. The van der Waals surface area contributed by atoms with Crippen LogP contribution >= 0.6 is 11.3 Å². The van der Waals surface area contributed by atoms with E-state index in [2.05, 4.69) is 15.5 Å². The number of carbonyl (C=O) groups is 2. The smallest absolute Gasteiger partial charge is 0.333 e. The predicted molar refractivity (Wildman–Crippen MR) is 63.0 cm³/mol. The minimum absolute atomic E-state index is 0.00772. The summed E-state index contributed by atoms with van der Waals surface area (Å²) in [5.74, 6) is -1.99. The van der Waals surface area contributed by atoms with Crippen molar-refractivity contribution in [2.75, 3.05) is 11.9 Å². The number of amides is 1. The number of nitrogens with one attached hydrogen (secondary N) is 2. The summed E-state index contributed by atoms with van der Waals surface area (Å²) in [4.78, 5) is 21.0.